The number of nitrogens with zero attached hydrogens (tertiary/aromatic N) is 5. The van der Waals surface area contributed by atoms with Gasteiger partial charge in [0.15, 0.2) is 5.82 Å². The van der Waals surface area contributed by atoms with Crippen LogP contribution in [0.5, 0.6) is 0 Å². The molecule has 3 heterocycles. The van der Waals surface area contributed by atoms with E-state index in [0.717, 1.165) is 31.7 Å². The molecule has 132 valence electrons. The molecule has 0 radical (unpaired) electrons. The maximum atomic E-state index is 11.1. The van der Waals surface area contributed by atoms with Crippen LogP contribution < -0.4 is 4.90 Å². The summed E-state index contributed by atoms with van der Waals surface area (Å²) in [4.78, 5) is 16.8. The monoisotopic (exact) mass is 349 g/mol. The number of benzene rings is 1. The Labute approximate surface area is 150 Å². The molecule has 2 aromatic heterocycles. The fraction of sp³-hybridized carbons (Fsp3) is 0.263. The summed E-state index contributed by atoms with van der Waals surface area (Å²) >= 11 is 0. The van der Waals surface area contributed by atoms with E-state index in [4.69, 9.17) is 0 Å². The molecular formula is C19H19N5O2. The number of imidazole rings is 1. The number of rotatable bonds is 4. The average Bonchev–Trinajstić information content (AvgIpc) is 3.12. The number of anilines is 1. The summed E-state index contributed by atoms with van der Waals surface area (Å²) in [7, 11) is 0. The van der Waals surface area contributed by atoms with Crippen molar-refractivity contribution in [2.75, 3.05) is 18.0 Å². The van der Waals surface area contributed by atoms with Gasteiger partial charge in [-0.15, -0.1) is 0 Å². The number of aryl methyl sites for hydroxylation is 1. The van der Waals surface area contributed by atoms with Crippen LogP contribution in [-0.4, -0.2) is 32.6 Å². The Balaban J connectivity index is 1.56. The van der Waals surface area contributed by atoms with E-state index in [1.54, 1.807) is 6.07 Å². The zero-order chi connectivity index (χ0) is 18.1. The molecule has 7 nitrogen and oxygen atoms in total. The Morgan fingerprint density at radius 1 is 1.19 bits per heavy atom. The van der Waals surface area contributed by atoms with Crippen molar-refractivity contribution in [3.63, 3.8) is 0 Å². The largest absolute Gasteiger partial charge is 0.368 e. The van der Waals surface area contributed by atoms with Crippen molar-refractivity contribution < 1.29 is 4.92 Å². The molecule has 3 aromatic rings. The van der Waals surface area contributed by atoms with E-state index < -0.39 is 4.92 Å². The van der Waals surface area contributed by atoms with Crippen LogP contribution in [0.25, 0.3) is 11.2 Å². The summed E-state index contributed by atoms with van der Waals surface area (Å²) < 4.78 is 1.29. The van der Waals surface area contributed by atoms with Crippen LogP contribution in [0, 0.1) is 10.1 Å². The second kappa shape index (κ2) is 6.59. The van der Waals surface area contributed by atoms with Crippen LogP contribution in [0.3, 0.4) is 0 Å². The van der Waals surface area contributed by atoms with Crippen molar-refractivity contribution in [3.8, 4) is 0 Å². The summed E-state index contributed by atoms with van der Waals surface area (Å²) in [5.74, 6) is 0.598. The minimum atomic E-state index is -0.467. The molecule has 1 aliphatic rings. The lowest BCUT2D eigenvalue weighted by molar-refractivity contribution is -0.391. The van der Waals surface area contributed by atoms with Crippen molar-refractivity contribution in [1.29, 1.82) is 0 Å². The van der Waals surface area contributed by atoms with E-state index in [1.807, 2.05) is 6.07 Å². The standard InChI is InChI=1S/C19H19N5O2/c1-2-14-3-5-15(6-4-14)16-9-11-22(12-10-16)18-8-7-17-20-13-19(24(25)26)23(17)21-18/h3-9,13H,2,10-12H2,1H3. The Morgan fingerprint density at radius 2 is 2.00 bits per heavy atom. The zero-order valence-corrected chi connectivity index (χ0v) is 14.5. The van der Waals surface area contributed by atoms with Gasteiger partial charge in [0.2, 0.25) is 5.65 Å². The minimum absolute atomic E-state index is 0.119. The molecule has 1 aromatic carbocycles. The van der Waals surface area contributed by atoms with Gasteiger partial charge >= 0.3 is 5.82 Å². The quantitative estimate of drug-likeness (QED) is 0.532. The Morgan fingerprint density at radius 3 is 2.65 bits per heavy atom. The van der Waals surface area contributed by atoms with Crippen molar-refractivity contribution in [3.05, 3.63) is 69.9 Å². The van der Waals surface area contributed by atoms with Gasteiger partial charge in [0.25, 0.3) is 0 Å². The third-order valence-corrected chi connectivity index (χ3v) is 4.78. The predicted molar refractivity (Wildman–Crippen MR) is 100 cm³/mol. The smallest absolute Gasteiger partial charge is 0.358 e. The van der Waals surface area contributed by atoms with Crippen LogP contribution >= 0.6 is 0 Å². The fourth-order valence-corrected chi connectivity index (χ4v) is 3.24. The highest BCUT2D eigenvalue weighted by Gasteiger charge is 2.20. The molecule has 4 rings (SSSR count). The van der Waals surface area contributed by atoms with Gasteiger partial charge in [-0.3, -0.25) is 0 Å². The van der Waals surface area contributed by atoms with Crippen LogP contribution in [0.1, 0.15) is 24.5 Å². The first-order valence-corrected chi connectivity index (χ1v) is 8.68. The minimum Gasteiger partial charge on any atom is -0.358 e. The van der Waals surface area contributed by atoms with E-state index in [0.29, 0.717) is 5.65 Å². The summed E-state index contributed by atoms with van der Waals surface area (Å²) in [6.45, 7) is 3.70. The molecule has 0 saturated carbocycles. The van der Waals surface area contributed by atoms with Gasteiger partial charge in [0.1, 0.15) is 6.20 Å². The van der Waals surface area contributed by atoms with Gasteiger partial charge in [-0.05, 0) is 40.5 Å². The first kappa shape index (κ1) is 16.3. The Kier molecular flexibility index (Phi) is 4.12. The molecule has 1 aliphatic heterocycles. The van der Waals surface area contributed by atoms with Gasteiger partial charge in [-0.25, -0.2) is 4.98 Å². The van der Waals surface area contributed by atoms with Gasteiger partial charge in [0, 0.05) is 19.2 Å². The Hall–Kier alpha value is -3.22. The number of nitro groups is 1. The SMILES string of the molecule is CCc1ccc(C2=CCN(c3ccc4ncc([N+](=O)[O-])n4n3)CC2)cc1. The third kappa shape index (κ3) is 2.92. The highest BCUT2D eigenvalue weighted by molar-refractivity contribution is 5.68. The number of hydrogen-bond acceptors (Lipinski definition) is 5. The molecule has 26 heavy (non-hydrogen) atoms. The normalized spacial score (nSPS) is 14.5. The third-order valence-electron chi connectivity index (χ3n) is 4.78. The summed E-state index contributed by atoms with van der Waals surface area (Å²) in [5.41, 5.74) is 4.41. The Bertz CT molecular complexity index is 991. The molecular weight excluding hydrogens is 330 g/mol. The summed E-state index contributed by atoms with van der Waals surface area (Å²) in [6, 6.07) is 12.3. The number of aromatic nitrogens is 3. The fourth-order valence-electron chi connectivity index (χ4n) is 3.24. The van der Waals surface area contributed by atoms with E-state index >= 15 is 0 Å². The van der Waals surface area contributed by atoms with Gasteiger partial charge < -0.3 is 15.0 Å². The van der Waals surface area contributed by atoms with Gasteiger partial charge in [-0.1, -0.05) is 46.9 Å². The molecule has 0 N–H and O–H groups in total. The molecule has 0 aliphatic carbocycles. The number of hydrogen-bond donors (Lipinski definition) is 0. The van der Waals surface area contributed by atoms with E-state index in [-0.39, 0.29) is 5.82 Å². The highest BCUT2D eigenvalue weighted by Crippen LogP contribution is 2.26. The topological polar surface area (TPSA) is 76.6 Å². The molecule has 0 saturated heterocycles. The van der Waals surface area contributed by atoms with Crippen LogP contribution in [0.2, 0.25) is 0 Å². The first-order valence-electron chi connectivity index (χ1n) is 8.68. The second-order valence-corrected chi connectivity index (χ2v) is 6.31. The molecule has 0 atom stereocenters. The molecule has 7 heteroatoms. The van der Waals surface area contributed by atoms with Crippen molar-refractivity contribution >= 4 is 22.9 Å². The van der Waals surface area contributed by atoms with Crippen LogP contribution in [0.15, 0.2) is 48.7 Å². The summed E-state index contributed by atoms with van der Waals surface area (Å²) in [6.07, 6.45) is 5.40. The lowest BCUT2D eigenvalue weighted by atomic mass is 9.98. The lowest BCUT2D eigenvalue weighted by Gasteiger charge is -2.26. The zero-order valence-electron chi connectivity index (χ0n) is 14.5. The van der Waals surface area contributed by atoms with Crippen molar-refractivity contribution in [1.82, 2.24) is 14.6 Å². The summed E-state index contributed by atoms with van der Waals surface area (Å²) in [5, 5.41) is 15.5. The molecule has 0 bridgehead atoms. The van der Waals surface area contributed by atoms with E-state index in [2.05, 4.69) is 52.2 Å². The average molecular weight is 349 g/mol. The second-order valence-electron chi connectivity index (χ2n) is 6.31. The molecule has 0 amide bonds. The molecule has 0 fully saturated rings. The van der Waals surface area contributed by atoms with Crippen LogP contribution in [0.4, 0.5) is 11.6 Å². The van der Waals surface area contributed by atoms with E-state index in [1.165, 1.54) is 27.4 Å². The predicted octanol–water partition coefficient (Wildman–Crippen LogP) is 3.49. The molecule has 0 unspecified atom stereocenters. The van der Waals surface area contributed by atoms with Crippen molar-refractivity contribution in [2.24, 2.45) is 0 Å². The first-order chi connectivity index (χ1) is 12.7. The van der Waals surface area contributed by atoms with Crippen LogP contribution in [-0.2, 0) is 6.42 Å². The van der Waals surface area contributed by atoms with Gasteiger partial charge in [0.05, 0.1) is 0 Å². The highest BCUT2D eigenvalue weighted by atomic mass is 16.6. The maximum absolute atomic E-state index is 11.1. The molecule has 0 spiro atoms. The number of fused-ring (bicyclic) bond motifs is 1. The van der Waals surface area contributed by atoms with Gasteiger partial charge in [-0.2, -0.15) is 0 Å². The van der Waals surface area contributed by atoms with E-state index in [9.17, 15) is 10.1 Å². The van der Waals surface area contributed by atoms with Crippen molar-refractivity contribution in [2.45, 2.75) is 19.8 Å². The lowest BCUT2D eigenvalue weighted by Crippen LogP contribution is -2.29. The maximum Gasteiger partial charge on any atom is 0.368 e.